The van der Waals surface area contributed by atoms with E-state index >= 15 is 0 Å². The number of aromatic nitrogens is 2. The highest BCUT2D eigenvalue weighted by atomic mass is 16.1. The van der Waals surface area contributed by atoms with Crippen LogP contribution in [0, 0.1) is 0 Å². The van der Waals surface area contributed by atoms with E-state index in [9.17, 15) is 9.59 Å². The zero-order valence-electron chi connectivity index (χ0n) is 13.1. The van der Waals surface area contributed by atoms with Gasteiger partial charge in [0.05, 0.1) is 22.5 Å². The molecule has 2 aromatic rings. The Bertz CT molecular complexity index is 766. The highest BCUT2D eigenvalue weighted by molar-refractivity contribution is 6.05. The topological polar surface area (TPSA) is 73.3 Å². The number of piperidine rings is 1. The molecular formula is C16H22N4O2. The van der Waals surface area contributed by atoms with Gasteiger partial charge in [-0.3, -0.25) is 14.3 Å². The van der Waals surface area contributed by atoms with E-state index < -0.39 is 5.91 Å². The van der Waals surface area contributed by atoms with Crippen LogP contribution in [-0.2, 0) is 7.05 Å². The molecular weight excluding hydrogens is 280 g/mol. The normalized spacial score (nSPS) is 17.2. The minimum atomic E-state index is -0.554. The van der Waals surface area contributed by atoms with Crippen LogP contribution in [0.5, 0.6) is 0 Å². The maximum atomic E-state index is 12.8. The highest BCUT2D eigenvalue weighted by Gasteiger charge is 2.25. The van der Waals surface area contributed by atoms with Gasteiger partial charge in [0.1, 0.15) is 0 Å². The summed E-state index contributed by atoms with van der Waals surface area (Å²) in [6.07, 6.45) is 1.90. The fraction of sp³-hybridized carbons (Fsp3) is 0.500. The van der Waals surface area contributed by atoms with Crippen molar-refractivity contribution in [2.75, 3.05) is 19.6 Å². The number of nitrogens with two attached hydrogens (primary N) is 1. The van der Waals surface area contributed by atoms with Gasteiger partial charge in [-0.15, -0.1) is 0 Å². The van der Waals surface area contributed by atoms with Gasteiger partial charge in [-0.25, -0.2) is 4.68 Å². The Morgan fingerprint density at radius 2 is 2.00 bits per heavy atom. The van der Waals surface area contributed by atoms with Crippen molar-refractivity contribution in [2.24, 2.45) is 12.8 Å². The SMILES string of the molecule is CCN1CCC(n2c(=O)c3c(C(N)=O)cccc3n2C)CC1. The molecule has 1 aliphatic heterocycles. The van der Waals surface area contributed by atoms with E-state index in [1.807, 2.05) is 17.8 Å². The van der Waals surface area contributed by atoms with Crippen molar-refractivity contribution in [2.45, 2.75) is 25.8 Å². The molecule has 0 aliphatic carbocycles. The first-order chi connectivity index (χ1) is 10.5. The predicted molar refractivity (Wildman–Crippen MR) is 86.1 cm³/mol. The third-order valence-corrected chi connectivity index (χ3v) is 4.75. The van der Waals surface area contributed by atoms with Gasteiger partial charge in [0, 0.05) is 20.1 Å². The summed E-state index contributed by atoms with van der Waals surface area (Å²) in [4.78, 5) is 26.8. The van der Waals surface area contributed by atoms with E-state index in [0.29, 0.717) is 10.9 Å². The molecule has 22 heavy (non-hydrogen) atoms. The molecule has 0 spiro atoms. The summed E-state index contributed by atoms with van der Waals surface area (Å²) >= 11 is 0. The summed E-state index contributed by atoms with van der Waals surface area (Å²) in [5.74, 6) is -0.554. The van der Waals surface area contributed by atoms with Crippen molar-refractivity contribution in [1.29, 1.82) is 0 Å². The van der Waals surface area contributed by atoms with Gasteiger partial charge in [0.25, 0.3) is 5.56 Å². The highest BCUT2D eigenvalue weighted by Crippen LogP contribution is 2.24. The van der Waals surface area contributed by atoms with E-state index in [1.54, 1.807) is 16.8 Å². The van der Waals surface area contributed by atoms with Crippen LogP contribution in [0.1, 0.15) is 36.2 Å². The molecule has 1 fully saturated rings. The second-order valence-electron chi connectivity index (χ2n) is 5.90. The van der Waals surface area contributed by atoms with Crippen LogP contribution in [-0.4, -0.2) is 39.8 Å². The number of fused-ring (bicyclic) bond motifs is 1. The van der Waals surface area contributed by atoms with Crippen molar-refractivity contribution in [3.05, 3.63) is 34.1 Å². The van der Waals surface area contributed by atoms with Crippen molar-refractivity contribution < 1.29 is 4.79 Å². The summed E-state index contributed by atoms with van der Waals surface area (Å²) in [6.45, 7) is 5.20. The van der Waals surface area contributed by atoms with Crippen LogP contribution in [0.25, 0.3) is 10.9 Å². The number of benzene rings is 1. The molecule has 2 N–H and O–H groups in total. The number of amides is 1. The van der Waals surface area contributed by atoms with Crippen LogP contribution in [0.4, 0.5) is 0 Å². The molecule has 0 unspecified atom stereocenters. The number of aryl methyl sites for hydroxylation is 1. The lowest BCUT2D eigenvalue weighted by Crippen LogP contribution is -2.38. The summed E-state index contributed by atoms with van der Waals surface area (Å²) in [5, 5.41) is 0.440. The smallest absolute Gasteiger partial charge is 0.275 e. The second kappa shape index (κ2) is 5.61. The van der Waals surface area contributed by atoms with Crippen molar-refractivity contribution in [3.63, 3.8) is 0 Å². The first-order valence-electron chi connectivity index (χ1n) is 7.77. The Kier molecular flexibility index (Phi) is 3.78. The van der Waals surface area contributed by atoms with E-state index in [4.69, 9.17) is 5.73 Å². The van der Waals surface area contributed by atoms with Crippen LogP contribution >= 0.6 is 0 Å². The van der Waals surface area contributed by atoms with Crippen molar-refractivity contribution in [3.8, 4) is 0 Å². The Balaban J connectivity index is 2.10. The van der Waals surface area contributed by atoms with E-state index in [0.717, 1.165) is 38.0 Å². The molecule has 0 radical (unpaired) electrons. The van der Waals surface area contributed by atoms with Crippen LogP contribution < -0.4 is 11.3 Å². The lowest BCUT2D eigenvalue weighted by molar-refractivity contribution is 0.100. The van der Waals surface area contributed by atoms with Gasteiger partial charge >= 0.3 is 0 Å². The van der Waals surface area contributed by atoms with Gasteiger partial charge in [-0.1, -0.05) is 13.0 Å². The Morgan fingerprint density at radius 3 is 2.59 bits per heavy atom. The number of likely N-dealkylation sites (tertiary alicyclic amines) is 1. The standard InChI is InChI=1S/C16H22N4O2/c1-3-19-9-7-11(8-10-19)20-16(22)14-12(15(17)21)5-4-6-13(14)18(20)2/h4-6,11H,3,7-10H2,1-2H3,(H2,17,21). The molecule has 118 valence electrons. The Morgan fingerprint density at radius 1 is 1.32 bits per heavy atom. The van der Waals surface area contributed by atoms with E-state index in [2.05, 4.69) is 11.8 Å². The zero-order chi connectivity index (χ0) is 15.9. The lowest BCUT2D eigenvalue weighted by Gasteiger charge is -2.32. The molecule has 0 bridgehead atoms. The number of hydrogen-bond acceptors (Lipinski definition) is 3. The first-order valence-corrected chi connectivity index (χ1v) is 7.77. The molecule has 2 heterocycles. The Hall–Kier alpha value is -2.08. The average molecular weight is 302 g/mol. The summed E-state index contributed by atoms with van der Waals surface area (Å²) < 4.78 is 3.67. The predicted octanol–water partition coefficient (Wildman–Crippen LogP) is 1.10. The number of primary amides is 1. The molecule has 1 saturated heterocycles. The second-order valence-corrected chi connectivity index (χ2v) is 5.90. The van der Waals surface area contributed by atoms with Gasteiger partial charge in [-0.2, -0.15) is 0 Å². The fourth-order valence-corrected chi connectivity index (χ4v) is 3.50. The van der Waals surface area contributed by atoms with Crippen LogP contribution in [0.3, 0.4) is 0 Å². The lowest BCUT2D eigenvalue weighted by atomic mass is 10.1. The van der Waals surface area contributed by atoms with Crippen molar-refractivity contribution >= 4 is 16.8 Å². The largest absolute Gasteiger partial charge is 0.366 e. The monoisotopic (exact) mass is 302 g/mol. The van der Waals surface area contributed by atoms with Gasteiger partial charge in [0.15, 0.2) is 0 Å². The Labute approximate surface area is 129 Å². The fourth-order valence-electron chi connectivity index (χ4n) is 3.50. The molecule has 1 aromatic carbocycles. The molecule has 1 aliphatic rings. The third kappa shape index (κ3) is 2.23. The van der Waals surface area contributed by atoms with Gasteiger partial charge < -0.3 is 10.6 Å². The number of hydrogen-bond donors (Lipinski definition) is 1. The van der Waals surface area contributed by atoms with Gasteiger partial charge in [-0.05, 0) is 31.5 Å². The van der Waals surface area contributed by atoms with Gasteiger partial charge in [0.2, 0.25) is 5.91 Å². The molecule has 6 heteroatoms. The maximum Gasteiger partial charge on any atom is 0.275 e. The third-order valence-electron chi connectivity index (χ3n) is 4.75. The molecule has 3 rings (SSSR count). The number of carbonyl (C=O) groups is 1. The average Bonchev–Trinajstić information content (AvgIpc) is 2.79. The molecule has 0 atom stereocenters. The van der Waals surface area contributed by atoms with Crippen molar-refractivity contribution in [1.82, 2.24) is 14.3 Å². The van der Waals surface area contributed by atoms with Crippen LogP contribution in [0.2, 0.25) is 0 Å². The number of nitrogens with zero attached hydrogens (tertiary/aromatic N) is 3. The van der Waals surface area contributed by atoms with E-state index in [1.165, 1.54) is 0 Å². The zero-order valence-corrected chi connectivity index (χ0v) is 13.1. The number of rotatable bonds is 3. The van der Waals surface area contributed by atoms with E-state index in [-0.39, 0.29) is 11.6 Å². The minimum Gasteiger partial charge on any atom is -0.366 e. The number of carbonyl (C=O) groups excluding carboxylic acids is 1. The summed E-state index contributed by atoms with van der Waals surface area (Å²) in [6, 6.07) is 5.43. The quantitative estimate of drug-likeness (QED) is 0.922. The minimum absolute atomic E-state index is 0.109. The summed E-state index contributed by atoms with van der Waals surface area (Å²) in [7, 11) is 1.88. The molecule has 6 nitrogen and oxygen atoms in total. The first kappa shape index (κ1) is 14.8. The molecule has 1 amide bonds. The van der Waals surface area contributed by atoms with Crippen LogP contribution in [0.15, 0.2) is 23.0 Å². The maximum absolute atomic E-state index is 12.8. The molecule has 0 saturated carbocycles. The summed E-state index contributed by atoms with van der Waals surface area (Å²) in [5.41, 5.74) is 6.38. The molecule has 1 aromatic heterocycles.